The number of amides is 1. The lowest BCUT2D eigenvalue weighted by atomic mass is 10.3. The number of hydrogen-bond acceptors (Lipinski definition) is 9. The zero-order valence-corrected chi connectivity index (χ0v) is 17.8. The number of carbonyl (C=O) groups excluding carboxylic acids is 2. The summed E-state index contributed by atoms with van der Waals surface area (Å²) in [7, 11) is -3.02. The van der Waals surface area contributed by atoms with Crippen molar-refractivity contribution in [1.82, 2.24) is 20.2 Å². The van der Waals surface area contributed by atoms with Gasteiger partial charge in [-0.3, -0.25) is 9.89 Å². The van der Waals surface area contributed by atoms with Crippen molar-refractivity contribution in [2.75, 3.05) is 17.7 Å². The third-order valence-corrected chi connectivity index (χ3v) is 5.63. The number of rotatable bonds is 7. The highest BCUT2D eigenvalue weighted by molar-refractivity contribution is 7.91. The first kappa shape index (κ1) is 21.9. The third-order valence-electron chi connectivity index (χ3n) is 4.07. The average molecular weight is 444 g/mol. The van der Waals surface area contributed by atoms with Crippen LogP contribution in [0.25, 0.3) is 0 Å². The molecule has 1 amide bonds. The second-order valence-corrected chi connectivity index (χ2v) is 8.25. The fraction of sp³-hybridized carbons (Fsp3) is 0.211. The number of methoxy groups -OCH3 is 1. The van der Waals surface area contributed by atoms with Crippen LogP contribution < -0.4 is 10.6 Å². The summed E-state index contributed by atoms with van der Waals surface area (Å²) in [5, 5.41) is 11.6. The minimum Gasteiger partial charge on any atom is -0.464 e. The van der Waals surface area contributed by atoms with E-state index < -0.39 is 21.0 Å². The molecule has 3 N–H and O–H groups in total. The number of aromatic amines is 1. The van der Waals surface area contributed by atoms with Crippen molar-refractivity contribution in [3.63, 3.8) is 0 Å². The fourth-order valence-corrected chi connectivity index (χ4v) is 3.65. The number of nitrogens with zero attached hydrogens (tertiary/aromatic N) is 3. The molecule has 0 bridgehead atoms. The Kier molecular flexibility index (Phi) is 6.30. The van der Waals surface area contributed by atoms with Gasteiger partial charge in [0.15, 0.2) is 11.5 Å². The van der Waals surface area contributed by atoms with Gasteiger partial charge < -0.3 is 15.4 Å². The Hall–Kier alpha value is -3.80. The monoisotopic (exact) mass is 444 g/mol. The Morgan fingerprint density at radius 1 is 1.10 bits per heavy atom. The molecule has 3 aromatic rings. The van der Waals surface area contributed by atoms with Crippen LogP contribution in [0.2, 0.25) is 0 Å². The quantitative estimate of drug-likeness (QED) is 0.367. The van der Waals surface area contributed by atoms with Gasteiger partial charge in [-0.1, -0.05) is 6.92 Å². The molecule has 2 aromatic heterocycles. The maximum absolute atomic E-state index is 13.1. The summed E-state index contributed by atoms with van der Waals surface area (Å²) in [6, 6.07) is 8.49. The minimum atomic E-state index is -4.17. The molecule has 0 aliphatic rings. The van der Waals surface area contributed by atoms with Crippen LogP contribution >= 0.6 is 0 Å². The number of sulfone groups is 1. The second-order valence-electron chi connectivity index (χ2n) is 6.40. The average Bonchev–Trinajstić information content (AvgIpc) is 3.17. The van der Waals surface area contributed by atoms with Gasteiger partial charge in [0.1, 0.15) is 5.82 Å². The number of hydrogen-bond donors (Lipinski definition) is 3. The number of benzene rings is 1. The zero-order chi connectivity index (χ0) is 22.6. The van der Waals surface area contributed by atoms with Crippen LogP contribution in [-0.4, -0.2) is 47.6 Å². The normalized spacial score (nSPS) is 11.1. The van der Waals surface area contributed by atoms with E-state index in [4.69, 9.17) is 0 Å². The molecule has 0 saturated heterocycles. The predicted molar refractivity (Wildman–Crippen MR) is 111 cm³/mol. The first-order chi connectivity index (χ1) is 14.7. The molecular weight excluding hydrogens is 424 g/mol. The van der Waals surface area contributed by atoms with Crippen LogP contribution in [-0.2, 0) is 19.4 Å². The maximum Gasteiger partial charge on any atom is 0.356 e. The van der Waals surface area contributed by atoms with E-state index in [-0.39, 0.29) is 22.3 Å². The molecule has 11 nitrogen and oxygen atoms in total. The van der Waals surface area contributed by atoms with Crippen LogP contribution in [0.3, 0.4) is 0 Å². The third kappa shape index (κ3) is 5.04. The Bertz CT molecular complexity index is 1220. The number of ether oxygens (including phenoxy) is 1. The van der Waals surface area contributed by atoms with E-state index in [0.29, 0.717) is 17.9 Å². The standard InChI is InChI=1S/C19H20N6O5S/c1-4-17(26)20-12-5-7-13(8-6-12)31(28,29)19-21-14(18(27)30-3)10-15(23-19)22-16-9-11(2)24-25-16/h5-10H,4H2,1-3H3,(H,20,26)(H2,21,22,23,24,25). The molecule has 0 unspecified atom stereocenters. The van der Waals surface area contributed by atoms with Crippen molar-refractivity contribution >= 4 is 39.0 Å². The van der Waals surface area contributed by atoms with E-state index in [1.807, 2.05) is 0 Å². The molecule has 0 spiro atoms. The number of aromatic nitrogens is 4. The van der Waals surface area contributed by atoms with E-state index in [0.717, 1.165) is 12.8 Å². The molecule has 1 aromatic carbocycles. The smallest absolute Gasteiger partial charge is 0.356 e. The van der Waals surface area contributed by atoms with Gasteiger partial charge in [-0.25, -0.2) is 23.2 Å². The summed E-state index contributed by atoms with van der Waals surface area (Å²) in [4.78, 5) is 31.3. The number of carbonyl (C=O) groups is 2. The Balaban J connectivity index is 1.99. The highest BCUT2D eigenvalue weighted by Gasteiger charge is 2.25. The summed E-state index contributed by atoms with van der Waals surface area (Å²) in [5.74, 6) is -0.592. The van der Waals surface area contributed by atoms with Crippen LogP contribution in [0.15, 0.2) is 46.5 Å². The summed E-state index contributed by atoms with van der Waals surface area (Å²) >= 11 is 0. The molecule has 2 heterocycles. The molecule has 3 rings (SSSR count). The van der Waals surface area contributed by atoms with Gasteiger partial charge in [-0.05, 0) is 31.2 Å². The first-order valence-corrected chi connectivity index (χ1v) is 10.6. The number of aryl methyl sites for hydroxylation is 1. The summed E-state index contributed by atoms with van der Waals surface area (Å²) in [5.41, 5.74) is 0.983. The molecule has 0 radical (unpaired) electrons. The Labute approximate surface area is 178 Å². The molecule has 0 saturated carbocycles. The number of H-pyrrole nitrogens is 1. The Morgan fingerprint density at radius 3 is 2.39 bits per heavy atom. The molecule has 0 atom stereocenters. The maximum atomic E-state index is 13.1. The zero-order valence-electron chi connectivity index (χ0n) is 17.0. The first-order valence-electron chi connectivity index (χ1n) is 9.14. The van der Waals surface area contributed by atoms with Gasteiger partial charge in [0, 0.05) is 29.9 Å². The van der Waals surface area contributed by atoms with Crippen molar-refractivity contribution < 1.29 is 22.7 Å². The van der Waals surface area contributed by atoms with Crippen LogP contribution in [0, 0.1) is 6.92 Å². The fourth-order valence-electron chi connectivity index (χ4n) is 2.50. The SMILES string of the molecule is CCC(=O)Nc1ccc(S(=O)(=O)c2nc(Nc3cc(C)[nH]n3)cc(C(=O)OC)n2)cc1. The topological polar surface area (TPSA) is 156 Å². The molecular formula is C19H20N6O5S. The van der Waals surface area contributed by atoms with Crippen molar-refractivity contribution in [2.45, 2.75) is 30.3 Å². The van der Waals surface area contributed by atoms with Crippen molar-refractivity contribution in [1.29, 1.82) is 0 Å². The van der Waals surface area contributed by atoms with Crippen LogP contribution in [0.1, 0.15) is 29.5 Å². The van der Waals surface area contributed by atoms with Crippen molar-refractivity contribution in [2.24, 2.45) is 0 Å². The molecule has 0 aliphatic carbocycles. The predicted octanol–water partition coefficient (Wildman–Crippen LogP) is 2.22. The summed E-state index contributed by atoms with van der Waals surface area (Å²) in [6.45, 7) is 3.50. The minimum absolute atomic E-state index is 0.0484. The van der Waals surface area contributed by atoms with E-state index in [9.17, 15) is 18.0 Å². The number of esters is 1. The largest absolute Gasteiger partial charge is 0.464 e. The Morgan fingerprint density at radius 2 is 1.81 bits per heavy atom. The molecule has 0 fully saturated rings. The molecule has 0 aliphatic heterocycles. The highest BCUT2D eigenvalue weighted by atomic mass is 32.2. The van der Waals surface area contributed by atoms with Gasteiger partial charge in [0.05, 0.1) is 12.0 Å². The van der Waals surface area contributed by atoms with Crippen molar-refractivity contribution in [3.05, 3.63) is 47.8 Å². The molecule has 12 heteroatoms. The highest BCUT2D eigenvalue weighted by Crippen LogP contribution is 2.23. The lowest BCUT2D eigenvalue weighted by Crippen LogP contribution is -2.14. The van der Waals surface area contributed by atoms with E-state index in [1.54, 1.807) is 19.9 Å². The van der Waals surface area contributed by atoms with Crippen molar-refractivity contribution in [3.8, 4) is 0 Å². The molecule has 31 heavy (non-hydrogen) atoms. The number of anilines is 3. The van der Waals surface area contributed by atoms with Gasteiger partial charge >= 0.3 is 5.97 Å². The lowest BCUT2D eigenvalue weighted by Gasteiger charge is -2.09. The van der Waals surface area contributed by atoms with E-state index in [1.165, 1.54) is 30.3 Å². The van der Waals surface area contributed by atoms with Gasteiger partial charge in [0.2, 0.25) is 15.7 Å². The van der Waals surface area contributed by atoms with Crippen LogP contribution in [0.4, 0.5) is 17.3 Å². The van der Waals surface area contributed by atoms with Gasteiger partial charge in [-0.15, -0.1) is 0 Å². The van der Waals surface area contributed by atoms with E-state index >= 15 is 0 Å². The lowest BCUT2D eigenvalue weighted by molar-refractivity contribution is -0.115. The molecule has 162 valence electrons. The van der Waals surface area contributed by atoms with E-state index in [2.05, 4.69) is 35.5 Å². The second kappa shape index (κ2) is 8.92. The van der Waals surface area contributed by atoms with Gasteiger partial charge in [0.25, 0.3) is 5.16 Å². The van der Waals surface area contributed by atoms with Crippen LogP contribution in [0.5, 0.6) is 0 Å². The summed E-state index contributed by atoms with van der Waals surface area (Å²) < 4.78 is 30.8. The number of nitrogens with one attached hydrogen (secondary N) is 3. The summed E-state index contributed by atoms with van der Waals surface area (Å²) in [6.07, 6.45) is 0.291. The van der Waals surface area contributed by atoms with Gasteiger partial charge in [-0.2, -0.15) is 5.10 Å².